The number of nitrogens with zero attached hydrogens (tertiary/aromatic N) is 5. The number of morpholine rings is 1. The van der Waals surface area contributed by atoms with E-state index in [2.05, 4.69) is 25.3 Å². The van der Waals surface area contributed by atoms with Gasteiger partial charge in [-0.1, -0.05) is 0 Å². The summed E-state index contributed by atoms with van der Waals surface area (Å²) in [5.41, 5.74) is 0.928. The monoisotopic (exact) mass is 378 g/mol. The van der Waals surface area contributed by atoms with Gasteiger partial charge in [-0.25, -0.2) is 13.5 Å². The molecule has 2 fully saturated rings. The van der Waals surface area contributed by atoms with Crippen LogP contribution in [0.1, 0.15) is 31.4 Å². The lowest BCUT2D eigenvalue weighted by molar-refractivity contribution is -0.0361. The van der Waals surface area contributed by atoms with Crippen molar-refractivity contribution in [3.05, 3.63) is 24.0 Å². The van der Waals surface area contributed by atoms with Gasteiger partial charge in [0, 0.05) is 49.9 Å². The molecule has 1 aliphatic carbocycles. The second-order valence-electron chi connectivity index (χ2n) is 7.17. The minimum Gasteiger partial charge on any atom is -0.378 e. The van der Waals surface area contributed by atoms with Gasteiger partial charge in [0.05, 0.1) is 13.2 Å². The van der Waals surface area contributed by atoms with Crippen molar-refractivity contribution >= 4 is 11.6 Å². The van der Waals surface area contributed by atoms with Crippen LogP contribution in [0.25, 0.3) is 5.95 Å². The molecule has 7 nitrogen and oxygen atoms in total. The zero-order chi connectivity index (χ0) is 18.9. The van der Waals surface area contributed by atoms with Crippen LogP contribution < -0.4 is 10.2 Å². The van der Waals surface area contributed by atoms with Gasteiger partial charge in [0.2, 0.25) is 5.92 Å². The van der Waals surface area contributed by atoms with Gasteiger partial charge in [-0.15, -0.1) is 0 Å². The van der Waals surface area contributed by atoms with Crippen molar-refractivity contribution < 1.29 is 13.5 Å². The van der Waals surface area contributed by atoms with Crippen molar-refractivity contribution in [1.29, 1.82) is 0 Å². The van der Waals surface area contributed by atoms with Crippen LogP contribution in [0.2, 0.25) is 0 Å². The van der Waals surface area contributed by atoms with Crippen molar-refractivity contribution in [2.75, 3.05) is 36.5 Å². The quantitative estimate of drug-likeness (QED) is 0.882. The second kappa shape index (κ2) is 7.38. The smallest absolute Gasteiger partial charge is 0.254 e. The first kappa shape index (κ1) is 18.1. The third kappa shape index (κ3) is 4.18. The molecule has 0 atom stereocenters. The van der Waals surface area contributed by atoms with Crippen LogP contribution in [0, 0.1) is 6.92 Å². The van der Waals surface area contributed by atoms with Crippen LogP contribution in [0.4, 0.5) is 20.4 Å². The number of alkyl halides is 2. The summed E-state index contributed by atoms with van der Waals surface area (Å²) in [4.78, 5) is 11.4. The average molecular weight is 378 g/mol. The van der Waals surface area contributed by atoms with Gasteiger partial charge in [-0.2, -0.15) is 15.1 Å². The molecule has 1 N–H and O–H groups in total. The third-order valence-corrected chi connectivity index (χ3v) is 5.13. The zero-order valence-electron chi connectivity index (χ0n) is 15.4. The minimum absolute atomic E-state index is 0.0105. The first-order valence-corrected chi connectivity index (χ1v) is 9.37. The molecule has 2 aliphatic rings. The maximum atomic E-state index is 13.4. The van der Waals surface area contributed by atoms with Crippen LogP contribution in [-0.2, 0) is 4.74 Å². The summed E-state index contributed by atoms with van der Waals surface area (Å²) >= 11 is 0. The lowest BCUT2D eigenvalue weighted by atomic mass is 9.92. The number of hydrogen-bond donors (Lipinski definition) is 1. The Labute approximate surface area is 156 Å². The highest BCUT2D eigenvalue weighted by molar-refractivity contribution is 5.52. The van der Waals surface area contributed by atoms with Crippen molar-refractivity contribution in [3.63, 3.8) is 0 Å². The highest BCUT2D eigenvalue weighted by Crippen LogP contribution is 2.34. The van der Waals surface area contributed by atoms with Gasteiger partial charge in [-0.05, 0) is 25.8 Å². The number of aromatic nitrogens is 4. The lowest BCUT2D eigenvalue weighted by Gasteiger charge is -2.30. The Balaban J connectivity index is 1.60. The van der Waals surface area contributed by atoms with E-state index in [1.807, 2.05) is 19.1 Å². The van der Waals surface area contributed by atoms with E-state index in [4.69, 9.17) is 4.74 Å². The van der Waals surface area contributed by atoms with Crippen molar-refractivity contribution in [1.82, 2.24) is 19.7 Å². The number of nitrogens with one attached hydrogen (secondary N) is 1. The topological polar surface area (TPSA) is 68.1 Å². The van der Waals surface area contributed by atoms with Gasteiger partial charge < -0.3 is 15.0 Å². The molecule has 0 bridgehead atoms. The van der Waals surface area contributed by atoms with E-state index in [1.54, 1.807) is 10.9 Å². The first-order valence-electron chi connectivity index (χ1n) is 9.37. The summed E-state index contributed by atoms with van der Waals surface area (Å²) in [6, 6.07) is 3.77. The highest BCUT2D eigenvalue weighted by Gasteiger charge is 2.35. The molecule has 2 aromatic rings. The molecule has 0 aromatic carbocycles. The normalized spacial score (nSPS) is 20.6. The summed E-state index contributed by atoms with van der Waals surface area (Å²) in [5, 5.41) is 7.64. The van der Waals surface area contributed by atoms with Gasteiger partial charge in [-0.3, -0.25) is 0 Å². The number of anilines is 2. The molecular formula is C18H24F2N6O. The van der Waals surface area contributed by atoms with E-state index in [9.17, 15) is 8.78 Å². The van der Waals surface area contributed by atoms with Gasteiger partial charge in [0.15, 0.2) is 0 Å². The minimum atomic E-state index is -2.54. The first-order chi connectivity index (χ1) is 13.0. The van der Waals surface area contributed by atoms with Crippen molar-refractivity contribution in [2.45, 2.75) is 44.6 Å². The van der Waals surface area contributed by atoms with Gasteiger partial charge in [0.25, 0.3) is 5.95 Å². The summed E-state index contributed by atoms with van der Waals surface area (Å²) in [7, 11) is 0. The molecule has 1 saturated heterocycles. The number of aryl methyl sites for hydroxylation is 1. The van der Waals surface area contributed by atoms with Crippen molar-refractivity contribution in [2.24, 2.45) is 0 Å². The van der Waals surface area contributed by atoms with Crippen LogP contribution >= 0.6 is 0 Å². The predicted octanol–water partition coefficient (Wildman–Crippen LogP) is 2.80. The van der Waals surface area contributed by atoms with E-state index < -0.39 is 5.92 Å². The number of hydrogen-bond acceptors (Lipinski definition) is 6. The molecule has 0 spiro atoms. The molecule has 4 rings (SSSR count). The molecule has 1 aliphatic heterocycles. The number of rotatable bonds is 4. The fraction of sp³-hybridized carbons (Fsp3) is 0.611. The molecule has 0 unspecified atom stereocenters. The van der Waals surface area contributed by atoms with E-state index in [1.165, 1.54) is 0 Å². The van der Waals surface area contributed by atoms with Gasteiger partial charge in [0.1, 0.15) is 11.6 Å². The van der Waals surface area contributed by atoms with Crippen LogP contribution in [0.15, 0.2) is 18.3 Å². The van der Waals surface area contributed by atoms with Crippen LogP contribution in [-0.4, -0.2) is 58.0 Å². The Hall–Kier alpha value is -2.29. The molecule has 1 saturated carbocycles. The predicted molar refractivity (Wildman–Crippen MR) is 97.7 cm³/mol. The molecule has 0 amide bonds. The van der Waals surface area contributed by atoms with Crippen LogP contribution in [0.3, 0.4) is 0 Å². The maximum absolute atomic E-state index is 13.4. The Morgan fingerprint density at radius 2 is 1.93 bits per heavy atom. The Morgan fingerprint density at radius 1 is 1.19 bits per heavy atom. The third-order valence-electron chi connectivity index (χ3n) is 5.13. The summed E-state index contributed by atoms with van der Waals surface area (Å²) < 4.78 is 34.0. The number of ether oxygens (including phenoxy) is 1. The number of halogens is 2. The molecular weight excluding hydrogens is 354 g/mol. The Kier molecular flexibility index (Phi) is 4.94. The molecule has 27 heavy (non-hydrogen) atoms. The summed E-state index contributed by atoms with van der Waals surface area (Å²) in [5.74, 6) is -0.626. The standard InChI is InChI=1S/C18H24F2N6O/c1-13-4-7-21-26(13)17-23-15(22-14-2-5-18(19,20)6-3-14)12-16(24-17)25-8-10-27-11-9-25/h4,7,12,14H,2-3,5-6,8-11H2,1H3,(H,22,23,24). The SMILES string of the molecule is Cc1ccnn1-c1nc(NC2CCC(F)(F)CC2)cc(N2CCOCC2)n1. The molecule has 146 valence electrons. The molecule has 9 heteroatoms. The Bertz CT molecular complexity index is 780. The summed E-state index contributed by atoms with van der Waals surface area (Å²) in [6.07, 6.45) is 2.39. The van der Waals surface area contributed by atoms with Crippen molar-refractivity contribution in [3.8, 4) is 5.95 Å². The fourth-order valence-corrected chi connectivity index (χ4v) is 3.52. The largest absolute Gasteiger partial charge is 0.378 e. The van der Waals surface area contributed by atoms with Gasteiger partial charge >= 0.3 is 0 Å². The van der Waals surface area contributed by atoms with E-state index >= 15 is 0 Å². The van der Waals surface area contributed by atoms with E-state index in [0.29, 0.717) is 37.8 Å². The lowest BCUT2D eigenvalue weighted by Crippen LogP contribution is -2.37. The molecule has 2 aromatic heterocycles. The van der Waals surface area contributed by atoms with Crippen LogP contribution in [0.5, 0.6) is 0 Å². The van der Waals surface area contributed by atoms with E-state index in [-0.39, 0.29) is 18.9 Å². The zero-order valence-corrected chi connectivity index (χ0v) is 15.4. The average Bonchev–Trinajstić information content (AvgIpc) is 3.10. The fourth-order valence-electron chi connectivity index (χ4n) is 3.52. The second-order valence-corrected chi connectivity index (χ2v) is 7.17. The molecule has 0 radical (unpaired) electrons. The highest BCUT2D eigenvalue weighted by atomic mass is 19.3. The Morgan fingerprint density at radius 3 is 2.59 bits per heavy atom. The maximum Gasteiger partial charge on any atom is 0.254 e. The molecule has 3 heterocycles. The summed E-state index contributed by atoms with van der Waals surface area (Å²) in [6.45, 7) is 4.75. The van der Waals surface area contributed by atoms with E-state index in [0.717, 1.165) is 24.6 Å².